The third kappa shape index (κ3) is 2.49. The fourth-order valence-electron chi connectivity index (χ4n) is 2.39. The zero-order chi connectivity index (χ0) is 13.9. The van der Waals surface area contributed by atoms with Crippen LogP contribution in [0.1, 0.15) is 0 Å². The molecular formula is C14H16FN5. The van der Waals surface area contributed by atoms with Crippen molar-refractivity contribution in [2.24, 2.45) is 0 Å². The molecule has 104 valence electrons. The van der Waals surface area contributed by atoms with E-state index in [1.54, 1.807) is 24.5 Å². The summed E-state index contributed by atoms with van der Waals surface area (Å²) >= 11 is 0. The summed E-state index contributed by atoms with van der Waals surface area (Å²) in [5.41, 5.74) is 7.29. The number of aromatic nitrogens is 2. The van der Waals surface area contributed by atoms with E-state index in [4.69, 9.17) is 5.73 Å². The third-order valence-corrected chi connectivity index (χ3v) is 3.45. The molecule has 0 saturated carbocycles. The molecule has 0 amide bonds. The number of nitrogens with two attached hydrogens (primary N) is 1. The van der Waals surface area contributed by atoms with Crippen molar-refractivity contribution >= 4 is 17.3 Å². The third-order valence-electron chi connectivity index (χ3n) is 3.45. The van der Waals surface area contributed by atoms with Crippen LogP contribution in [0.4, 0.5) is 21.7 Å². The van der Waals surface area contributed by atoms with Gasteiger partial charge < -0.3 is 15.5 Å². The van der Waals surface area contributed by atoms with E-state index >= 15 is 0 Å². The maximum atomic E-state index is 13.3. The van der Waals surface area contributed by atoms with Gasteiger partial charge in [-0.1, -0.05) is 0 Å². The minimum absolute atomic E-state index is 0.261. The molecule has 0 spiro atoms. The van der Waals surface area contributed by atoms with Crippen LogP contribution in [0, 0.1) is 5.82 Å². The Morgan fingerprint density at radius 3 is 2.35 bits per heavy atom. The minimum Gasteiger partial charge on any atom is -0.397 e. The molecule has 0 aliphatic carbocycles. The minimum atomic E-state index is -0.261. The van der Waals surface area contributed by atoms with Crippen LogP contribution < -0.4 is 15.5 Å². The molecule has 1 aliphatic rings. The Labute approximate surface area is 116 Å². The van der Waals surface area contributed by atoms with E-state index in [-0.39, 0.29) is 5.82 Å². The molecule has 0 unspecified atom stereocenters. The summed E-state index contributed by atoms with van der Waals surface area (Å²) in [6.07, 6.45) is 3.47. The van der Waals surface area contributed by atoms with Crippen LogP contribution >= 0.6 is 0 Å². The molecule has 0 atom stereocenters. The molecule has 1 saturated heterocycles. The van der Waals surface area contributed by atoms with E-state index in [9.17, 15) is 4.39 Å². The van der Waals surface area contributed by atoms with Crippen molar-refractivity contribution in [2.75, 3.05) is 41.7 Å². The molecule has 1 aromatic carbocycles. The van der Waals surface area contributed by atoms with Crippen LogP contribution in [0.5, 0.6) is 0 Å². The van der Waals surface area contributed by atoms with E-state index in [0.717, 1.165) is 37.8 Å². The van der Waals surface area contributed by atoms with Crippen molar-refractivity contribution in [1.82, 2.24) is 9.97 Å². The molecule has 0 radical (unpaired) electrons. The van der Waals surface area contributed by atoms with Crippen molar-refractivity contribution in [3.8, 4) is 0 Å². The Morgan fingerprint density at radius 1 is 1.00 bits per heavy atom. The molecular weight excluding hydrogens is 257 g/mol. The van der Waals surface area contributed by atoms with Gasteiger partial charge in [-0.25, -0.2) is 14.4 Å². The molecule has 0 bridgehead atoms. The molecule has 1 aliphatic heterocycles. The average Bonchev–Trinajstić information content (AvgIpc) is 2.51. The maximum absolute atomic E-state index is 13.3. The summed E-state index contributed by atoms with van der Waals surface area (Å²) in [4.78, 5) is 12.7. The summed E-state index contributed by atoms with van der Waals surface area (Å²) in [5.74, 6) is 0.474. The Kier molecular flexibility index (Phi) is 3.37. The van der Waals surface area contributed by atoms with Crippen LogP contribution in [0.2, 0.25) is 0 Å². The van der Waals surface area contributed by atoms with Crippen LogP contribution in [0.3, 0.4) is 0 Å². The lowest BCUT2D eigenvalue weighted by Crippen LogP contribution is -2.47. The van der Waals surface area contributed by atoms with Gasteiger partial charge in [-0.2, -0.15) is 0 Å². The second kappa shape index (κ2) is 5.32. The zero-order valence-electron chi connectivity index (χ0n) is 11.0. The number of hydrogen-bond acceptors (Lipinski definition) is 5. The summed E-state index contributed by atoms with van der Waals surface area (Å²) in [7, 11) is 0. The van der Waals surface area contributed by atoms with Crippen molar-refractivity contribution in [1.29, 1.82) is 0 Å². The summed E-state index contributed by atoms with van der Waals surface area (Å²) in [6.45, 7) is 3.12. The van der Waals surface area contributed by atoms with Gasteiger partial charge >= 0.3 is 0 Å². The van der Waals surface area contributed by atoms with Gasteiger partial charge in [-0.15, -0.1) is 0 Å². The number of benzene rings is 1. The number of nitrogen functional groups attached to an aromatic ring is 1. The van der Waals surface area contributed by atoms with Crippen molar-refractivity contribution in [3.63, 3.8) is 0 Å². The lowest BCUT2D eigenvalue weighted by Gasteiger charge is -2.36. The normalized spacial score (nSPS) is 15.4. The molecule has 20 heavy (non-hydrogen) atoms. The Hall–Kier alpha value is -2.37. The van der Waals surface area contributed by atoms with Crippen molar-refractivity contribution < 1.29 is 4.39 Å². The molecule has 3 rings (SSSR count). The Morgan fingerprint density at radius 2 is 1.65 bits per heavy atom. The molecule has 1 aromatic heterocycles. The molecule has 1 fully saturated rings. The number of nitrogens with zero attached hydrogens (tertiary/aromatic N) is 4. The van der Waals surface area contributed by atoms with Crippen LogP contribution in [-0.2, 0) is 0 Å². The summed E-state index contributed by atoms with van der Waals surface area (Å²) < 4.78 is 13.3. The lowest BCUT2D eigenvalue weighted by atomic mass is 10.2. The van der Waals surface area contributed by atoms with Crippen LogP contribution in [0.15, 0.2) is 36.7 Å². The standard InChI is InChI=1S/C14H16FN5/c15-11-2-3-12(16)13(10-11)19-6-8-20(9-7-19)14-17-4-1-5-18-14/h1-5,10H,6-9,16H2. The van der Waals surface area contributed by atoms with E-state index in [2.05, 4.69) is 19.8 Å². The number of rotatable bonds is 2. The zero-order valence-corrected chi connectivity index (χ0v) is 11.0. The number of hydrogen-bond donors (Lipinski definition) is 1. The first kappa shape index (κ1) is 12.7. The largest absolute Gasteiger partial charge is 0.397 e. The average molecular weight is 273 g/mol. The van der Waals surface area contributed by atoms with E-state index in [1.165, 1.54) is 12.1 Å². The smallest absolute Gasteiger partial charge is 0.225 e. The van der Waals surface area contributed by atoms with Gasteiger partial charge in [-0.05, 0) is 24.3 Å². The highest BCUT2D eigenvalue weighted by atomic mass is 19.1. The molecule has 6 heteroatoms. The molecule has 2 heterocycles. The number of anilines is 3. The highest BCUT2D eigenvalue weighted by Crippen LogP contribution is 2.25. The predicted octanol–water partition coefficient (Wildman–Crippen LogP) is 1.52. The van der Waals surface area contributed by atoms with Gasteiger partial charge in [0, 0.05) is 38.6 Å². The van der Waals surface area contributed by atoms with Crippen LogP contribution in [0.25, 0.3) is 0 Å². The van der Waals surface area contributed by atoms with Crippen molar-refractivity contribution in [2.45, 2.75) is 0 Å². The van der Waals surface area contributed by atoms with Crippen LogP contribution in [-0.4, -0.2) is 36.1 Å². The first-order chi connectivity index (χ1) is 9.74. The summed E-state index contributed by atoms with van der Waals surface area (Å²) in [6, 6.07) is 6.28. The van der Waals surface area contributed by atoms with E-state index < -0.39 is 0 Å². The predicted molar refractivity (Wildman–Crippen MR) is 77.3 cm³/mol. The van der Waals surface area contributed by atoms with Gasteiger partial charge in [0.05, 0.1) is 11.4 Å². The fourth-order valence-corrected chi connectivity index (χ4v) is 2.39. The monoisotopic (exact) mass is 273 g/mol. The van der Waals surface area contributed by atoms with E-state index in [0.29, 0.717) is 5.69 Å². The molecule has 5 nitrogen and oxygen atoms in total. The second-order valence-electron chi connectivity index (χ2n) is 4.73. The van der Waals surface area contributed by atoms with Gasteiger partial charge in [0.25, 0.3) is 0 Å². The van der Waals surface area contributed by atoms with Crippen molar-refractivity contribution in [3.05, 3.63) is 42.5 Å². The Balaban J connectivity index is 1.71. The lowest BCUT2D eigenvalue weighted by molar-refractivity contribution is 0.618. The maximum Gasteiger partial charge on any atom is 0.225 e. The quantitative estimate of drug-likeness (QED) is 0.841. The highest BCUT2D eigenvalue weighted by Gasteiger charge is 2.20. The van der Waals surface area contributed by atoms with E-state index in [1.807, 2.05) is 0 Å². The SMILES string of the molecule is Nc1ccc(F)cc1N1CCN(c2ncccn2)CC1. The topological polar surface area (TPSA) is 58.3 Å². The fraction of sp³-hybridized carbons (Fsp3) is 0.286. The van der Waals surface area contributed by atoms with Gasteiger partial charge in [0.2, 0.25) is 5.95 Å². The number of piperazine rings is 1. The molecule has 2 aromatic rings. The van der Waals surface area contributed by atoms with Gasteiger partial charge in [-0.3, -0.25) is 0 Å². The number of halogens is 1. The summed E-state index contributed by atoms with van der Waals surface area (Å²) in [5, 5.41) is 0. The Bertz CT molecular complexity index is 581. The van der Waals surface area contributed by atoms with Gasteiger partial charge in [0.1, 0.15) is 5.82 Å². The first-order valence-electron chi connectivity index (χ1n) is 6.56. The van der Waals surface area contributed by atoms with Gasteiger partial charge in [0.15, 0.2) is 0 Å². The second-order valence-corrected chi connectivity index (χ2v) is 4.73. The highest BCUT2D eigenvalue weighted by molar-refractivity contribution is 5.68. The molecule has 2 N–H and O–H groups in total. The first-order valence-corrected chi connectivity index (χ1v) is 6.56.